The van der Waals surface area contributed by atoms with E-state index < -0.39 is 11.2 Å². The zero-order valence-corrected chi connectivity index (χ0v) is 14.6. The van der Waals surface area contributed by atoms with Gasteiger partial charge in [0.25, 0.3) is 0 Å². The van der Waals surface area contributed by atoms with Gasteiger partial charge in [0.2, 0.25) is 0 Å². The summed E-state index contributed by atoms with van der Waals surface area (Å²) in [6, 6.07) is 0. The van der Waals surface area contributed by atoms with Crippen molar-refractivity contribution < 1.29 is 28.5 Å². The third-order valence-electron chi connectivity index (χ3n) is 4.87. The molecule has 1 aliphatic heterocycles. The molecule has 0 aromatic heterocycles. The van der Waals surface area contributed by atoms with Gasteiger partial charge in [-0.3, -0.25) is 4.79 Å². The smallest absolute Gasteiger partial charge is 0.330 e. The lowest BCUT2D eigenvalue weighted by Crippen LogP contribution is -2.46. The molecule has 1 aliphatic carbocycles. The Morgan fingerprint density at radius 2 is 1.83 bits per heavy atom. The summed E-state index contributed by atoms with van der Waals surface area (Å²) in [6.45, 7) is 2.93. The molecule has 0 unspecified atom stereocenters. The normalized spacial score (nSPS) is 26.2. The van der Waals surface area contributed by atoms with Crippen molar-refractivity contribution in [1.82, 2.24) is 0 Å². The maximum Gasteiger partial charge on any atom is 0.330 e. The van der Waals surface area contributed by atoms with E-state index in [1.807, 2.05) is 19.1 Å². The molecule has 6 nitrogen and oxygen atoms in total. The lowest BCUT2D eigenvalue weighted by Gasteiger charge is -2.40. The van der Waals surface area contributed by atoms with Crippen LogP contribution in [-0.2, 0) is 28.5 Å². The molecule has 1 saturated heterocycles. The number of carbonyl (C=O) groups excluding carboxylic acids is 2. The number of ether oxygens (including phenoxy) is 4. The summed E-state index contributed by atoms with van der Waals surface area (Å²) < 4.78 is 21.4. The van der Waals surface area contributed by atoms with E-state index in [1.165, 1.54) is 20.3 Å². The van der Waals surface area contributed by atoms with Crippen LogP contribution in [0.1, 0.15) is 39.0 Å². The van der Waals surface area contributed by atoms with E-state index >= 15 is 0 Å². The van der Waals surface area contributed by atoms with Gasteiger partial charge in [-0.2, -0.15) is 0 Å². The van der Waals surface area contributed by atoms with Gasteiger partial charge in [-0.15, -0.1) is 0 Å². The fourth-order valence-corrected chi connectivity index (χ4v) is 3.68. The van der Waals surface area contributed by atoms with Crippen LogP contribution >= 0.6 is 0 Å². The van der Waals surface area contributed by atoms with E-state index in [9.17, 15) is 9.59 Å². The van der Waals surface area contributed by atoms with Crippen molar-refractivity contribution in [3.8, 4) is 0 Å². The molecule has 2 aliphatic rings. The first-order chi connectivity index (χ1) is 11.5. The highest BCUT2D eigenvalue weighted by Crippen LogP contribution is 2.56. The fourth-order valence-electron chi connectivity index (χ4n) is 3.68. The largest absolute Gasteiger partial charge is 0.469 e. The minimum atomic E-state index is -0.703. The lowest BCUT2D eigenvalue weighted by molar-refractivity contribution is -0.225. The van der Waals surface area contributed by atoms with Crippen LogP contribution < -0.4 is 0 Å². The molecule has 6 heteroatoms. The van der Waals surface area contributed by atoms with Crippen LogP contribution in [0.4, 0.5) is 0 Å². The molecule has 134 valence electrons. The van der Waals surface area contributed by atoms with E-state index in [1.54, 1.807) is 0 Å². The van der Waals surface area contributed by atoms with Gasteiger partial charge in [-0.1, -0.05) is 12.2 Å². The summed E-state index contributed by atoms with van der Waals surface area (Å²) in [6.07, 6.45) is 8.70. The van der Waals surface area contributed by atoms with Crippen LogP contribution in [-0.4, -0.2) is 45.2 Å². The first-order valence-corrected chi connectivity index (χ1v) is 8.24. The van der Waals surface area contributed by atoms with Crippen molar-refractivity contribution in [2.24, 2.45) is 5.41 Å². The van der Waals surface area contributed by atoms with Gasteiger partial charge in [-0.25, -0.2) is 4.79 Å². The summed E-state index contributed by atoms with van der Waals surface area (Å²) in [5.74, 6) is -1.35. The Balaban J connectivity index is 2.17. The van der Waals surface area contributed by atoms with Crippen LogP contribution in [0.25, 0.3) is 0 Å². The summed E-state index contributed by atoms with van der Waals surface area (Å²) in [4.78, 5) is 23.2. The van der Waals surface area contributed by atoms with E-state index in [2.05, 4.69) is 4.74 Å². The van der Waals surface area contributed by atoms with Crippen LogP contribution in [0.3, 0.4) is 0 Å². The standard InChI is InChI=1S/C18H26O6/c1-14(12-15(19)21-2)6-4-7-17(13-16(20)22-3)8-5-9-18(17)23-10-11-24-18/h4,6,12H,5,7-11,13H2,1-3H3/b6-4+,14-12+/t17-/m1/s1. The predicted octanol–water partition coefficient (Wildman–Crippen LogP) is 2.53. The van der Waals surface area contributed by atoms with Gasteiger partial charge in [0, 0.05) is 17.9 Å². The number of carbonyl (C=O) groups is 2. The van der Waals surface area contributed by atoms with E-state index in [0.29, 0.717) is 19.6 Å². The molecule has 0 aromatic carbocycles. The third kappa shape index (κ3) is 3.87. The number of methoxy groups -OCH3 is 2. The summed E-state index contributed by atoms with van der Waals surface area (Å²) in [5, 5.41) is 0. The van der Waals surface area contributed by atoms with Gasteiger partial charge in [0.1, 0.15) is 0 Å². The molecule has 1 heterocycles. The maximum absolute atomic E-state index is 12.0. The van der Waals surface area contributed by atoms with Gasteiger partial charge >= 0.3 is 11.9 Å². The van der Waals surface area contributed by atoms with Crippen molar-refractivity contribution in [2.75, 3.05) is 27.4 Å². The molecule has 0 amide bonds. The number of hydrogen-bond donors (Lipinski definition) is 0. The SMILES string of the molecule is COC(=O)/C=C(C)/C=C/C[C@]1(CC(=O)OC)CCCC12OCCO2. The van der Waals surface area contributed by atoms with Gasteiger partial charge < -0.3 is 18.9 Å². The van der Waals surface area contributed by atoms with Gasteiger partial charge in [0.15, 0.2) is 5.79 Å². The Morgan fingerprint density at radius 3 is 2.46 bits per heavy atom. The van der Waals surface area contributed by atoms with Crippen LogP contribution in [0, 0.1) is 5.41 Å². The average Bonchev–Trinajstić information content (AvgIpc) is 3.16. The molecular formula is C18H26O6. The number of hydrogen-bond acceptors (Lipinski definition) is 6. The molecule has 1 atom stereocenters. The lowest BCUT2D eigenvalue weighted by atomic mass is 9.75. The Morgan fingerprint density at radius 1 is 1.12 bits per heavy atom. The molecule has 0 radical (unpaired) electrons. The highest BCUT2D eigenvalue weighted by Gasteiger charge is 2.59. The van der Waals surface area contributed by atoms with Crippen molar-refractivity contribution in [3.05, 3.63) is 23.8 Å². The summed E-state index contributed by atoms with van der Waals surface area (Å²) in [7, 11) is 2.74. The number of rotatable bonds is 6. The topological polar surface area (TPSA) is 71.1 Å². The monoisotopic (exact) mass is 338 g/mol. The van der Waals surface area contributed by atoms with E-state index in [4.69, 9.17) is 14.2 Å². The van der Waals surface area contributed by atoms with Crippen LogP contribution in [0.5, 0.6) is 0 Å². The summed E-state index contributed by atoms with van der Waals surface area (Å²) >= 11 is 0. The van der Waals surface area contributed by atoms with Gasteiger partial charge in [-0.05, 0) is 31.8 Å². The van der Waals surface area contributed by atoms with E-state index in [-0.39, 0.29) is 18.4 Å². The molecule has 0 N–H and O–H groups in total. The molecule has 0 bridgehead atoms. The first-order valence-electron chi connectivity index (χ1n) is 8.24. The van der Waals surface area contributed by atoms with Crippen molar-refractivity contribution >= 4 is 11.9 Å². The Kier molecular flexibility index (Phi) is 6.18. The van der Waals surface area contributed by atoms with E-state index in [0.717, 1.165) is 24.8 Å². The second kappa shape index (κ2) is 7.94. The van der Waals surface area contributed by atoms with Crippen LogP contribution in [0.2, 0.25) is 0 Å². The second-order valence-corrected chi connectivity index (χ2v) is 6.35. The number of allylic oxidation sites excluding steroid dienone is 3. The fraction of sp³-hybridized carbons (Fsp3) is 0.667. The second-order valence-electron chi connectivity index (χ2n) is 6.35. The van der Waals surface area contributed by atoms with Gasteiger partial charge in [0.05, 0.1) is 33.9 Å². The first kappa shape index (κ1) is 18.7. The van der Waals surface area contributed by atoms with Crippen molar-refractivity contribution in [2.45, 2.75) is 44.8 Å². The highest BCUT2D eigenvalue weighted by molar-refractivity contribution is 5.83. The molecule has 24 heavy (non-hydrogen) atoms. The van der Waals surface area contributed by atoms with Crippen LogP contribution in [0.15, 0.2) is 23.8 Å². The molecular weight excluding hydrogens is 312 g/mol. The molecule has 2 fully saturated rings. The Bertz CT molecular complexity index is 524. The molecule has 2 rings (SSSR count). The van der Waals surface area contributed by atoms with Crippen molar-refractivity contribution in [1.29, 1.82) is 0 Å². The maximum atomic E-state index is 12.0. The molecule has 1 saturated carbocycles. The zero-order valence-electron chi connectivity index (χ0n) is 14.6. The Hall–Kier alpha value is -1.66. The summed E-state index contributed by atoms with van der Waals surface area (Å²) in [5.41, 5.74) is 0.355. The zero-order chi connectivity index (χ0) is 17.6. The Labute approximate surface area is 142 Å². The number of esters is 2. The molecule has 0 aromatic rings. The predicted molar refractivity (Wildman–Crippen MR) is 87.1 cm³/mol. The average molecular weight is 338 g/mol. The minimum absolute atomic E-state index is 0.258. The molecule has 1 spiro atoms. The van der Waals surface area contributed by atoms with Crippen molar-refractivity contribution in [3.63, 3.8) is 0 Å². The minimum Gasteiger partial charge on any atom is -0.469 e. The quantitative estimate of drug-likeness (QED) is 0.421. The highest BCUT2D eigenvalue weighted by atomic mass is 16.7. The third-order valence-corrected chi connectivity index (χ3v) is 4.87.